The number of halogens is 4. The van der Waals surface area contributed by atoms with Crippen molar-refractivity contribution in [1.29, 1.82) is 0 Å². The molecular formula is C30H34F4N6. The number of aryl methyl sites for hydroxylation is 1. The van der Waals surface area contributed by atoms with Gasteiger partial charge in [-0.2, -0.15) is 13.2 Å². The van der Waals surface area contributed by atoms with E-state index in [9.17, 15) is 17.6 Å². The summed E-state index contributed by atoms with van der Waals surface area (Å²) in [5.74, 6) is 1.81. The van der Waals surface area contributed by atoms with Gasteiger partial charge in [-0.1, -0.05) is 25.1 Å². The fourth-order valence-corrected chi connectivity index (χ4v) is 6.14. The average molecular weight is 555 g/mol. The average Bonchev–Trinajstić information content (AvgIpc) is 3.44. The topological polar surface area (TPSA) is 40.4 Å². The zero-order valence-electron chi connectivity index (χ0n) is 22.8. The Hall–Kier alpha value is -3.40. The molecule has 212 valence electrons. The van der Waals surface area contributed by atoms with Crippen molar-refractivity contribution in [3.05, 3.63) is 89.7 Å². The van der Waals surface area contributed by atoms with Crippen LogP contribution in [0.4, 0.5) is 23.2 Å². The molecule has 1 aliphatic carbocycles. The van der Waals surface area contributed by atoms with Crippen molar-refractivity contribution in [3.8, 4) is 0 Å². The number of benzene rings is 1. The fourth-order valence-electron chi connectivity index (χ4n) is 6.14. The van der Waals surface area contributed by atoms with E-state index in [1.54, 1.807) is 24.4 Å². The summed E-state index contributed by atoms with van der Waals surface area (Å²) < 4.78 is 59.1. The molecule has 10 heteroatoms. The minimum Gasteiger partial charge on any atom is -0.320 e. The van der Waals surface area contributed by atoms with E-state index in [1.165, 1.54) is 23.6 Å². The van der Waals surface area contributed by atoms with Crippen molar-refractivity contribution in [1.82, 2.24) is 24.6 Å². The van der Waals surface area contributed by atoms with Gasteiger partial charge in [0.1, 0.15) is 23.6 Å². The molecule has 2 aromatic rings. The normalized spacial score (nSPS) is 22.4. The van der Waals surface area contributed by atoms with Crippen LogP contribution in [-0.2, 0) is 7.05 Å². The van der Waals surface area contributed by atoms with Gasteiger partial charge in [-0.15, -0.1) is 10.2 Å². The van der Waals surface area contributed by atoms with Crippen LogP contribution in [0.3, 0.4) is 0 Å². The summed E-state index contributed by atoms with van der Waals surface area (Å²) in [6.07, 6.45) is 5.75. The first-order valence-corrected chi connectivity index (χ1v) is 13.8. The highest BCUT2D eigenvalue weighted by Crippen LogP contribution is 2.46. The largest absolute Gasteiger partial charge is 0.418 e. The Morgan fingerprint density at radius 3 is 2.50 bits per heavy atom. The van der Waals surface area contributed by atoms with E-state index in [1.807, 2.05) is 34.7 Å². The van der Waals surface area contributed by atoms with Crippen molar-refractivity contribution < 1.29 is 17.6 Å². The van der Waals surface area contributed by atoms with E-state index in [2.05, 4.69) is 22.8 Å². The summed E-state index contributed by atoms with van der Waals surface area (Å²) >= 11 is 0. The molecule has 1 saturated heterocycles. The maximum atomic E-state index is 14.3. The number of alkyl halides is 4. The number of nitrogens with zero attached hydrogens (tertiary/aromatic N) is 6. The minimum atomic E-state index is -4.54. The Labute approximate surface area is 232 Å². The molecule has 4 aliphatic rings. The number of aromatic nitrogens is 3. The second-order valence-corrected chi connectivity index (χ2v) is 11.7. The zero-order valence-corrected chi connectivity index (χ0v) is 22.8. The van der Waals surface area contributed by atoms with Gasteiger partial charge in [0.05, 0.1) is 11.3 Å². The molecule has 40 heavy (non-hydrogen) atoms. The van der Waals surface area contributed by atoms with Gasteiger partial charge < -0.3 is 14.4 Å². The summed E-state index contributed by atoms with van der Waals surface area (Å²) in [6, 6.07) is 7.91. The number of rotatable bonds is 6. The summed E-state index contributed by atoms with van der Waals surface area (Å²) in [5, 5.41) is 8.48. The molecule has 0 bridgehead atoms. The second kappa shape index (κ2) is 9.90. The van der Waals surface area contributed by atoms with E-state index >= 15 is 0 Å². The minimum absolute atomic E-state index is 0.0467. The maximum absolute atomic E-state index is 14.3. The first-order chi connectivity index (χ1) is 19.0. The van der Waals surface area contributed by atoms with Crippen molar-refractivity contribution >= 4 is 5.69 Å². The second-order valence-electron chi connectivity index (χ2n) is 11.7. The molecule has 1 saturated carbocycles. The Balaban J connectivity index is 1.30. The number of fused-ring (bicyclic) bond motifs is 1. The van der Waals surface area contributed by atoms with E-state index in [0.29, 0.717) is 49.8 Å². The molecule has 6 rings (SSSR count). The number of piperidine rings is 1. The summed E-state index contributed by atoms with van der Waals surface area (Å²) in [4.78, 5) is 5.27. The highest BCUT2D eigenvalue weighted by atomic mass is 19.4. The summed E-state index contributed by atoms with van der Waals surface area (Å²) in [7, 11) is 1.94. The number of allylic oxidation sites excluding steroid dienone is 1. The molecular weight excluding hydrogens is 520 g/mol. The molecule has 3 aliphatic heterocycles. The van der Waals surface area contributed by atoms with Gasteiger partial charge in [-0.25, -0.2) is 4.39 Å². The van der Waals surface area contributed by atoms with E-state index in [-0.39, 0.29) is 11.6 Å². The molecule has 1 atom stereocenters. The van der Waals surface area contributed by atoms with Crippen molar-refractivity contribution in [3.63, 3.8) is 0 Å². The van der Waals surface area contributed by atoms with Gasteiger partial charge in [0.2, 0.25) is 0 Å². The molecule has 0 radical (unpaired) electrons. The Morgan fingerprint density at radius 1 is 1.12 bits per heavy atom. The Bertz CT molecular complexity index is 1390. The lowest BCUT2D eigenvalue weighted by atomic mass is 9.72. The lowest BCUT2D eigenvalue weighted by Gasteiger charge is -2.35. The first kappa shape index (κ1) is 26.8. The van der Waals surface area contributed by atoms with Crippen LogP contribution in [0.5, 0.6) is 0 Å². The summed E-state index contributed by atoms with van der Waals surface area (Å²) in [5.41, 5.74) is 0.445. The molecule has 1 aromatic heterocycles. The van der Waals surface area contributed by atoms with Crippen LogP contribution in [0.15, 0.2) is 78.3 Å². The van der Waals surface area contributed by atoms with Crippen LogP contribution in [0, 0.1) is 5.92 Å². The van der Waals surface area contributed by atoms with E-state index < -0.39 is 17.4 Å². The molecule has 0 spiro atoms. The lowest BCUT2D eigenvalue weighted by Crippen LogP contribution is -2.41. The fraction of sp³-hybridized carbons (Fsp3) is 0.467. The Morgan fingerprint density at radius 2 is 1.88 bits per heavy atom. The van der Waals surface area contributed by atoms with E-state index in [4.69, 9.17) is 0 Å². The van der Waals surface area contributed by atoms with Gasteiger partial charge in [0.25, 0.3) is 0 Å². The standard InChI is InChI=1S/C30H34F4N6/c1-20-39(24-9-5-8-23(15-24)27(22-6-4-7-22)28-36-35-19-37(28)3)18-26-25(30(32,33)34)14-21(17-40(20)26)16-38-12-10-29(2,31)11-13-38/h5,8-9,14-15,17-19,22,27H,1,4,6-7,10-13,16H2,2-3H3. The van der Waals surface area contributed by atoms with Gasteiger partial charge in [0.15, 0.2) is 0 Å². The number of anilines is 1. The quantitative estimate of drug-likeness (QED) is 0.387. The molecule has 4 heterocycles. The van der Waals surface area contributed by atoms with Crippen LogP contribution < -0.4 is 4.90 Å². The van der Waals surface area contributed by atoms with Crippen LogP contribution in [0.1, 0.15) is 56.3 Å². The summed E-state index contributed by atoms with van der Waals surface area (Å²) in [6.45, 7) is 7.11. The highest BCUT2D eigenvalue weighted by Gasteiger charge is 2.43. The highest BCUT2D eigenvalue weighted by molar-refractivity contribution is 5.64. The third-order valence-corrected chi connectivity index (χ3v) is 8.73. The van der Waals surface area contributed by atoms with Crippen LogP contribution in [0.2, 0.25) is 0 Å². The lowest BCUT2D eigenvalue weighted by molar-refractivity contribution is -0.0909. The first-order valence-electron chi connectivity index (χ1n) is 13.8. The van der Waals surface area contributed by atoms with Crippen LogP contribution in [-0.4, -0.2) is 56.0 Å². The van der Waals surface area contributed by atoms with Gasteiger partial charge in [-0.3, -0.25) is 4.90 Å². The zero-order chi connectivity index (χ0) is 28.2. The molecule has 0 amide bonds. The van der Waals surface area contributed by atoms with Crippen molar-refractivity contribution in [2.24, 2.45) is 13.0 Å². The molecule has 0 N–H and O–H groups in total. The van der Waals surface area contributed by atoms with Crippen LogP contribution in [0.25, 0.3) is 0 Å². The maximum Gasteiger partial charge on any atom is 0.418 e. The third kappa shape index (κ3) is 4.98. The molecule has 2 fully saturated rings. The van der Waals surface area contributed by atoms with Gasteiger partial charge in [-0.05, 0) is 67.9 Å². The molecule has 6 nitrogen and oxygen atoms in total. The monoisotopic (exact) mass is 554 g/mol. The number of hydrogen-bond acceptors (Lipinski definition) is 5. The van der Waals surface area contributed by atoms with Gasteiger partial charge >= 0.3 is 6.18 Å². The van der Waals surface area contributed by atoms with Crippen molar-refractivity contribution in [2.75, 3.05) is 24.5 Å². The smallest absolute Gasteiger partial charge is 0.320 e. The predicted molar refractivity (Wildman–Crippen MR) is 146 cm³/mol. The number of hydrogen-bond donors (Lipinski definition) is 0. The Kier molecular flexibility index (Phi) is 6.64. The predicted octanol–water partition coefficient (Wildman–Crippen LogP) is 6.39. The number of likely N-dealkylation sites (tertiary alicyclic amines) is 1. The van der Waals surface area contributed by atoms with Crippen molar-refractivity contribution in [2.45, 2.75) is 56.8 Å². The molecule has 1 unspecified atom stereocenters. The SMILES string of the molecule is C=C1N2C=C(CN3CCC(C)(F)CC3)C=C(C(F)(F)F)C2=CN1c1cccc(C(c2nncn2C)C2CCC2)c1. The van der Waals surface area contributed by atoms with Crippen LogP contribution >= 0.6 is 0 Å². The van der Waals surface area contributed by atoms with E-state index in [0.717, 1.165) is 29.9 Å². The molecule has 1 aromatic carbocycles. The third-order valence-electron chi connectivity index (χ3n) is 8.73. The van der Waals surface area contributed by atoms with Gasteiger partial charge in [0, 0.05) is 50.7 Å².